The van der Waals surface area contributed by atoms with Crippen molar-refractivity contribution < 1.29 is 4.42 Å². The second-order valence-electron chi connectivity index (χ2n) is 18.3. The van der Waals surface area contributed by atoms with Crippen LogP contribution in [0.1, 0.15) is 16.7 Å². The van der Waals surface area contributed by atoms with Gasteiger partial charge in [0.05, 0.1) is 66.9 Å². The number of para-hydroxylation sites is 7. The van der Waals surface area contributed by atoms with Gasteiger partial charge < -0.3 is 22.7 Å². The van der Waals surface area contributed by atoms with Crippen LogP contribution in [0, 0.1) is 29.6 Å². The molecule has 7 heteroatoms. The number of rotatable bonds is 4. The van der Waals surface area contributed by atoms with Gasteiger partial charge in [-0.15, -0.1) is 0 Å². The second kappa shape index (κ2) is 14.1. The molecule has 0 atom stereocenters. The summed E-state index contributed by atoms with van der Waals surface area (Å²) in [7, 11) is 0. The van der Waals surface area contributed by atoms with Crippen LogP contribution < -0.4 is 0 Å². The van der Waals surface area contributed by atoms with Crippen molar-refractivity contribution in [2.45, 2.75) is 6.92 Å². The number of benzene rings is 10. The number of fused-ring (bicyclic) bond motifs is 16. The molecule has 0 bridgehead atoms. The molecule has 0 amide bonds. The third-order valence-electron chi connectivity index (χ3n) is 14.7. The Morgan fingerprint density at radius 3 is 1.09 bits per heavy atom. The highest BCUT2D eigenvalue weighted by Gasteiger charge is 2.35. The van der Waals surface area contributed by atoms with Gasteiger partial charge in [-0.3, -0.25) is 0 Å². The van der Waals surface area contributed by atoms with E-state index in [9.17, 15) is 10.5 Å². The SMILES string of the molecule is Cc1ccc2c(c1)c1ccc3c4ccccc4oc3c1n2-c1c(C#N)c(-n2c3ccccc3c3ccccc32)c(-n2c3ccccc3c3ccccc32)c(C#N)c1-n1c2ccccc2c2ccccc21. The van der Waals surface area contributed by atoms with Crippen LogP contribution >= 0.6 is 0 Å². The summed E-state index contributed by atoms with van der Waals surface area (Å²) >= 11 is 0. The fraction of sp³-hybridized carbons (Fsp3) is 0.0159. The average Bonchev–Trinajstić information content (AvgIpc) is 4.21. The molecule has 5 heterocycles. The number of aromatic nitrogens is 4. The summed E-state index contributed by atoms with van der Waals surface area (Å²) < 4.78 is 15.9. The van der Waals surface area contributed by atoms with Crippen molar-refractivity contribution in [1.82, 2.24) is 18.3 Å². The zero-order chi connectivity index (χ0) is 46.4. The summed E-state index contributed by atoms with van der Waals surface area (Å²) in [5.74, 6) is 0. The Hall–Kier alpha value is -9.82. The van der Waals surface area contributed by atoms with E-state index in [1.54, 1.807) is 0 Å². The lowest BCUT2D eigenvalue weighted by molar-refractivity contribution is 0.671. The van der Waals surface area contributed by atoms with E-state index < -0.39 is 0 Å². The second-order valence-corrected chi connectivity index (χ2v) is 18.3. The first-order valence-electron chi connectivity index (χ1n) is 23.5. The van der Waals surface area contributed by atoms with Crippen LogP contribution in [0.25, 0.3) is 132 Å². The first-order chi connectivity index (χ1) is 34.6. The summed E-state index contributed by atoms with van der Waals surface area (Å²) in [6.45, 7) is 2.11. The molecule has 15 aromatic rings. The van der Waals surface area contributed by atoms with Crippen molar-refractivity contribution in [3.8, 4) is 34.9 Å². The third-order valence-corrected chi connectivity index (χ3v) is 14.7. The van der Waals surface area contributed by atoms with E-state index in [1.807, 2.05) is 18.2 Å². The molecule has 70 heavy (non-hydrogen) atoms. The van der Waals surface area contributed by atoms with E-state index in [4.69, 9.17) is 4.42 Å². The Morgan fingerprint density at radius 1 is 0.329 bits per heavy atom. The number of aryl methyl sites for hydroxylation is 1. The van der Waals surface area contributed by atoms with Crippen LogP contribution in [-0.2, 0) is 0 Å². The zero-order valence-corrected chi connectivity index (χ0v) is 37.6. The largest absolute Gasteiger partial charge is 0.454 e. The zero-order valence-electron chi connectivity index (χ0n) is 37.6. The molecule has 0 unspecified atom stereocenters. The van der Waals surface area contributed by atoms with Crippen LogP contribution in [-0.4, -0.2) is 18.3 Å². The molecule has 5 aromatic heterocycles. The number of furan rings is 1. The number of hydrogen-bond acceptors (Lipinski definition) is 3. The van der Waals surface area contributed by atoms with Gasteiger partial charge in [0, 0.05) is 53.9 Å². The van der Waals surface area contributed by atoms with Crippen LogP contribution in [0.5, 0.6) is 0 Å². The summed E-state index contributed by atoms with van der Waals surface area (Å²) in [5.41, 5.74) is 12.9. The fourth-order valence-electron chi connectivity index (χ4n) is 11.9. The topological polar surface area (TPSA) is 80.4 Å². The molecule has 0 radical (unpaired) electrons. The Balaban J connectivity index is 1.29. The highest BCUT2D eigenvalue weighted by Crippen LogP contribution is 2.50. The molecule has 324 valence electrons. The lowest BCUT2D eigenvalue weighted by Crippen LogP contribution is -2.16. The van der Waals surface area contributed by atoms with Crippen molar-refractivity contribution >= 4 is 109 Å². The van der Waals surface area contributed by atoms with E-state index in [2.05, 4.69) is 219 Å². The highest BCUT2D eigenvalue weighted by molar-refractivity contribution is 6.23. The molecule has 0 aliphatic carbocycles. The quantitative estimate of drug-likeness (QED) is 0.176. The fourth-order valence-corrected chi connectivity index (χ4v) is 11.9. The maximum absolute atomic E-state index is 12.6. The van der Waals surface area contributed by atoms with Gasteiger partial charge in [-0.2, -0.15) is 10.5 Å². The summed E-state index contributed by atoms with van der Waals surface area (Å²) in [6.07, 6.45) is 0. The molecule has 0 aliphatic rings. The van der Waals surface area contributed by atoms with Crippen LogP contribution in [0.3, 0.4) is 0 Å². The Kier molecular flexibility index (Phi) is 7.72. The van der Waals surface area contributed by atoms with E-state index in [1.165, 1.54) is 0 Å². The standard InChI is InChI=1S/C63H36N6O/c1-37-30-33-56-47(34-37)45-31-32-46-44-22-8-15-29-57(44)70-63(46)62(45)69(56)61-49(36-65)59(67-52-25-11-4-18-40(52)41-19-5-12-26-53(41)67)58(66-50-23-9-2-16-38(50)39-17-3-10-24-51(39)66)48(35-64)60(61)68-54-27-13-6-20-42(54)43-21-7-14-28-55(43)68/h2-34H,1H3. The first-order valence-corrected chi connectivity index (χ1v) is 23.5. The Bertz CT molecular complexity index is 4720. The van der Waals surface area contributed by atoms with E-state index in [0.29, 0.717) is 39.5 Å². The van der Waals surface area contributed by atoms with Crippen molar-refractivity contribution in [1.29, 1.82) is 10.5 Å². The number of nitriles is 2. The maximum atomic E-state index is 12.6. The smallest absolute Gasteiger partial charge is 0.160 e. The van der Waals surface area contributed by atoms with Gasteiger partial charge >= 0.3 is 0 Å². The van der Waals surface area contributed by atoms with Gasteiger partial charge in [-0.25, -0.2) is 0 Å². The predicted octanol–water partition coefficient (Wildman–Crippen LogP) is 16.0. The molecule has 0 N–H and O–H groups in total. The molecule has 0 saturated carbocycles. The van der Waals surface area contributed by atoms with Crippen LogP contribution in [0.2, 0.25) is 0 Å². The highest BCUT2D eigenvalue weighted by atomic mass is 16.3. The minimum absolute atomic E-state index is 0.395. The maximum Gasteiger partial charge on any atom is 0.160 e. The van der Waals surface area contributed by atoms with Crippen molar-refractivity contribution in [2.24, 2.45) is 0 Å². The number of nitrogens with zero attached hydrogens (tertiary/aromatic N) is 6. The van der Waals surface area contributed by atoms with Crippen molar-refractivity contribution in [3.05, 3.63) is 217 Å². The molecule has 0 spiro atoms. The monoisotopic (exact) mass is 892 g/mol. The molecule has 0 fully saturated rings. The van der Waals surface area contributed by atoms with Crippen LogP contribution in [0.4, 0.5) is 0 Å². The number of hydrogen-bond donors (Lipinski definition) is 0. The van der Waals surface area contributed by atoms with E-state index in [0.717, 1.165) is 109 Å². The summed E-state index contributed by atoms with van der Waals surface area (Å²) in [5, 5.41) is 35.4. The van der Waals surface area contributed by atoms with E-state index in [-0.39, 0.29) is 0 Å². The lowest BCUT2D eigenvalue weighted by Gasteiger charge is -2.27. The predicted molar refractivity (Wildman–Crippen MR) is 285 cm³/mol. The molecule has 7 nitrogen and oxygen atoms in total. The molecule has 10 aromatic carbocycles. The van der Waals surface area contributed by atoms with Gasteiger partial charge in [0.15, 0.2) is 5.58 Å². The minimum Gasteiger partial charge on any atom is -0.454 e. The Morgan fingerprint density at radius 2 is 0.671 bits per heavy atom. The lowest BCUT2D eigenvalue weighted by atomic mass is 9.98. The van der Waals surface area contributed by atoms with E-state index >= 15 is 0 Å². The molecule has 0 saturated heterocycles. The minimum atomic E-state index is 0.395. The average molecular weight is 893 g/mol. The summed E-state index contributed by atoms with van der Waals surface area (Å²) in [6, 6.07) is 75.2. The molecule has 0 aliphatic heterocycles. The van der Waals surface area contributed by atoms with Crippen molar-refractivity contribution in [2.75, 3.05) is 0 Å². The normalized spacial score (nSPS) is 12.0. The Labute approximate surface area is 399 Å². The van der Waals surface area contributed by atoms with Gasteiger partial charge in [-0.05, 0) is 67.6 Å². The third kappa shape index (κ3) is 4.89. The van der Waals surface area contributed by atoms with Gasteiger partial charge in [-0.1, -0.05) is 145 Å². The molecular weight excluding hydrogens is 857 g/mol. The van der Waals surface area contributed by atoms with Gasteiger partial charge in [0.2, 0.25) is 0 Å². The van der Waals surface area contributed by atoms with Gasteiger partial charge in [0.1, 0.15) is 28.8 Å². The van der Waals surface area contributed by atoms with Crippen LogP contribution in [0.15, 0.2) is 205 Å². The molecular formula is C63H36N6O. The summed E-state index contributed by atoms with van der Waals surface area (Å²) in [4.78, 5) is 0. The van der Waals surface area contributed by atoms with Gasteiger partial charge in [0.25, 0.3) is 0 Å². The first kappa shape index (κ1) is 38.3. The van der Waals surface area contributed by atoms with Crippen molar-refractivity contribution in [3.63, 3.8) is 0 Å². The molecule has 15 rings (SSSR count).